The van der Waals surface area contributed by atoms with E-state index in [0.29, 0.717) is 10.7 Å². The van der Waals surface area contributed by atoms with Gasteiger partial charge in [0.2, 0.25) is 5.91 Å². The predicted octanol–water partition coefficient (Wildman–Crippen LogP) is 1.66. The molecule has 0 bridgehead atoms. The minimum absolute atomic E-state index is 0.0611. The lowest BCUT2D eigenvalue weighted by Gasteiger charge is -2.08. The van der Waals surface area contributed by atoms with Crippen LogP contribution >= 0.6 is 11.6 Å². The van der Waals surface area contributed by atoms with E-state index in [4.69, 9.17) is 11.6 Å². The van der Waals surface area contributed by atoms with Crippen LogP contribution in [0.5, 0.6) is 0 Å². The molecule has 0 spiro atoms. The summed E-state index contributed by atoms with van der Waals surface area (Å²) in [6, 6.07) is 10.3. The van der Waals surface area contributed by atoms with Gasteiger partial charge < -0.3 is 0 Å². The van der Waals surface area contributed by atoms with E-state index in [0.717, 1.165) is 11.1 Å². The van der Waals surface area contributed by atoms with Crippen molar-refractivity contribution in [3.8, 4) is 0 Å². The number of pyridine rings is 1. The Balaban J connectivity index is 1.69. The summed E-state index contributed by atoms with van der Waals surface area (Å²) >= 11 is 5.79. The van der Waals surface area contributed by atoms with E-state index < -0.39 is 17.4 Å². The van der Waals surface area contributed by atoms with Gasteiger partial charge in [-0.15, -0.1) is 0 Å². The molecule has 0 aliphatic rings. The molecule has 2 amide bonds. The van der Waals surface area contributed by atoms with Crippen LogP contribution in [0.2, 0.25) is 5.02 Å². The molecule has 8 heteroatoms. The maximum Gasteiger partial charge on any atom is 0.276 e. The van der Waals surface area contributed by atoms with E-state index in [2.05, 4.69) is 15.8 Å². The number of carbonyl (C=O) groups is 2. The number of halogens is 1. The molecule has 0 aliphatic heterocycles. The number of nitrogens with one attached hydrogen (secondary N) is 2. The Morgan fingerprint density at radius 3 is 2.58 bits per heavy atom. The van der Waals surface area contributed by atoms with Crippen LogP contribution in [0.1, 0.15) is 21.5 Å². The van der Waals surface area contributed by atoms with Crippen LogP contribution in [0.25, 0.3) is 5.65 Å². The average Bonchev–Trinajstić information content (AvgIpc) is 2.62. The number of aromatic nitrogens is 2. The monoisotopic (exact) mass is 370 g/mol. The van der Waals surface area contributed by atoms with Gasteiger partial charge in [-0.1, -0.05) is 29.8 Å². The molecule has 1 aromatic carbocycles. The zero-order valence-corrected chi connectivity index (χ0v) is 14.6. The third-order valence-corrected chi connectivity index (χ3v) is 3.94. The number of hydrogen-bond donors (Lipinski definition) is 2. The van der Waals surface area contributed by atoms with Crippen LogP contribution in [0.15, 0.2) is 53.6 Å². The number of amides is 2. The molecule has 0 aliphatic carbocycles. The summed E-state index contributed by atoms with van der Waals surface area (Å²) < 4.78 is 1.29. The highest BCUT2D eigenvalue weighted by Gasteiger charge is 2.14. The SMILES string of the molecule is Cc1ccc2ncc(C(=O)NNC(=O)Cc3ccc(Cl)cc3)c(=O)n2c1. The summed E-state index contributed by atoms with van der Waals surface area (Å²) in [6.07, 6.45) is 2.85. The molecule has 2 heterocycles. The molecule has 2 aromatic heterocycles. The Bertz CT molecular complexity index is 1040. The molecular weight excluding hydrogens is 356 g/mol. The van der Waals surface area contributed by atoms with Crippen LogP contribution in [0.3, 0.4) is 0 Å². The maximum absolute atomic E-state index is 12.4. The van der Waals surface area contributed by atoms with Gasteiger partial charge in [-0.2, -0.15) is 0 Å². The lowest BCUT2D eigenvalue weighted by molar-refractivity contribution is -0.121. The smallest absolute Gasteiger partial charge is 0.273 e. The third kappa shape index (κ3) is 3.89. The van der Waals surface area contributed by atoms with Crippen LogP contribution in [0, 0.1) is 6.92 Å². The normalized spacial score (nSPS) is 10.5. The van der Waals surface area contributed by atoms with Gasteiger partial charge in [-0.05, 0) is 36.2 Å². The fourth-order valence-electron chi connectivity index (χ4n) is 2.36. The second-order valence-corrected chi connectivity index (χ2v) is 6.15. The van der Waals surface area contributed by atoms with Crippen LogP contribution in [-0.4, -0.2) is 21.2 Å². The fourth-order valence-corrected chi connectivity index (χ4v) is 2.49. The van der Waals surface area contributed by atoms with Gasteiger partial charge in [0.1, 0.15) is 11.2 Å². The van der Waals surface area contributed by atoms with Gasteiger partial charge in [0.05, 0.1) is 6.42 Å². The topological polar surface area (TPSA) is 92.6 Å². The second kappa shape index (κ2) is 7.37. The molecule has 26 heavy (non-hydrogen) atoms. The molecule has 132 valence electrons. The minimum Gasteiger partial charge on any atom is -0.273 e. The highest BCUT2D eigenvalue weighted by atomic mass is 35.5. The van der Waals surface area contributed by atoms with Crippen molar-refractivity contribution in [2.75, 3.05) is 0 Å². The van der Waals surface area contributed by atoms with E-state index in [1.54, 1.807) is 36.5 Å². The van der Waals surface area contributed by atoms with Gasteiger partial charge >= 0.3 is 0 Å². The van der Waals surface area contributed by atoms with E-state index in [1.807, 2.05) is 13.0 Å². The third-order valence-electron chi connectivity index (χ3n) is 3.69. The fraction of sp³-hybridized carbons (Fsp3) is 0.111. The Labute approximate surface area is 153 Å². The molecule has 0 fully saturated rings. The van der Waals surface area contributed by atoms with E-state index in [9.17, 15) is 14.4 Å². The molecule has 0 atom stereocenters. The summed E-state index contributed by atoms with van der Waals surface area (Å²) in [6.45, 7) is 1.83. The van der Waals surface area contributed by atoms with Gasteiger partial charge in [0.25, 0.3) is 11.5 Å². The van der Waals surface area contributed by atoms with Gasteiger partial charge in [-0.3, -0.25) is 29.6 Å². The summed E-state index contributed by atoms with van der Waals surface area (Å²) in [5.41, 5.74) is 5.87. The summed E-state index contributed by atoms with van der Waals surface area (Å²) in [4.78, 5) is 40.6. The highest BCUT2D eigenvalue weighted by Crippen LogP contribution is 2.09. The van der Waals surface area contributed by atoms with Crippen molar-refractivity contribution in [3.63, 3.8) is 0 Å². The Hall–Kier alpha value is -3.19. The molecule has 7 nitrogen and oxygen atoms in total. The highest BCUT2D eigenvalue weighted by molar-refractivity contribution is 6.30. The standard InChI is InChI=1S/C18H15ClN4O3/c1-11-2-7-15-20-9-14(18(26)23(15)10-11)17(25)22-21-16(24)8-12-3-5-13(19)6-4-12/h2-7,9-10H,8H2,1H3,(H,21,24)(H,22,25). The van der Waals surface area contributed by atoms with Crippen molar-refractivity contribution in [3.05, 3.63) is 80.9 Å². The number of aryl methyl sites for hydroxylation is 1. The molecule has 0 unspecified atom stereocenters. The molecule has 0 saturated heterocycles. The first-order chi connectivity index (χ1) is 12.4. The lowest BCUT2D eigenvalue weighted by atomic mass is 10.1. The first-order valence-electron chi connectivity index (χ1n) is 7.76. The number of nitrogens with zero attached hydrogens (tertiary/aromatic N) is 2. The zero-order valence-electron chi connectivity index (χ0n) is 13.8. The van der Waals surface area contributed by atoms with Crippen molar-refractivity contribution < 1.29 is 9.59 Å². The minimum atomic E-state index is -0.733. The number of rotatable bonds is 3. The lowest BCUT2D eigenvalue weighted by Crippen LogP contribution is -2.44. The average molecular weight is 371 g/mol. The summed E-state index contributed by atoms with van der Waals surface area (Å²) in [5.74, 6) is -1.16. The maximum atomic E-state index is 12.4. The molecule has 3 aromatic rings. The van der Waals surface area contributed by atoms with E-state index in [-0.39, 0.29) is 12.0 Å². The zero-order chi connectivity index (χ0) is 18.7. The number of fused-ring (bicyclic) bond motifs is 1. The molecular formula is C18H15ClN4O3. The van der Waals surface area contributed by atoms with Crippen LogP contribution in [0.4, 0.5) is 0 Å². The van der Waals surface area contributed by atoms with Crippen LogP contribution in [-0.2, 0) is 11.2 Å². The molecule has 0 saturated carbocycles. The number of hydrazine groups is 1. The largest absolute Gasteiger partial charge is 0.276 e. The second-order valence-electron chi connectivity index (χ2n) is 5.72. The van der Waals surface area contributed by atoms with Gasteiger partial charge in [0, 0.05) is 17.4 Å². The summed E-state index contributed by atoms with van der Waals surface area (Å²) in [5, 5.41) is 0.571. The van der Waals surface area contributed by atoms with Crippen molar-refractivity contribution in [1.82, 2.24) is 20.2 Å². The van der Waals surface area contributed by atoms with Gasteiger partial charge in [0.15, 0.2) is 0 Å². The molecule has 2 N–H and O–H groups in total. The van der Waals surface area contributed by atoms with Crippen molar-refractivity contribution >= 4 is 29.1 Å². The predicted molar refractivity (Wildman–Crippen MR) is 97.0 cm³/mol. The van der Waals surface area contributed by atoms with Crippen LogP contribution < -0.4 is 16.4 Å². The summed E-state index contributed by atoms with van der Waals surface area (Å²) in [7, 11) is 0. The number of hydrogen-bond acceptors (Lipinski definition) is 4. The quantitative estimate of drug-likeness (QED) is 0.686. The Morgan fingerprint density at radius 2 is 1.85 bits per heavy atom. The number of benzene rings is 1. The Kier molecular flexibility index (Phi) is 4.99. The Morgan fingerprint density at radius 1 is 1.12 bits per heavy atom. The van der Waals surface area contributed by atoms with Gasteiger partial charge in [-0.25, -0.2) is 4.98 Å². The number of carbonyl (C=O) groups excluding carboxylic acids is 2. The first-order valence-corrected chi connectivity index (χ1v) is 8.13. The molecule has 3 rings (SSSR count). The van der Waals surface area contributed by atoms with E-state index in [1.165, 1.54) is 10.6 Å². The van der Waals surface area contributed by atoms with Crippen molar-refractivity contribution in [2.45, 2.75) is 13.3 Å². The van der Waals surface area contributed by atoms with Crippen molar-refractivity contribution in [2.24, 2.45) is 0 Å². The molecule has 0 radical (unpaired) electrons. The first kappa shape index (κ1) is 17.6. The van der Waals surface area contributed by atoms with Crippen molar-refractivity contribution in [1.29, 1.82) is 0 Å². The van der Waals surface area contributed by atoms with E-state index >= 15 is 0 Å².